The molecular weight excluding hydrogens is 338 g/mol. The lowest BCUT2D eigenvalue weighted by atomic mass is 10.2. The van der Waals surface area contributed by atoms with Gasteiger partial charge in [-0.2, -0.15) is 0 Å². The van der Waals surface area contributed by atoms with Gasteiger partial charge in [-0.15, -0.1) is 11.3 Å². The number of rotatable bonds is 4. The molecule has 2 N–H and O–H groups in total. The summed E-state index contributed by atoms with van der Waals surface area (Å²) in [4.78, 5) is 0. The van der Waals surface area contributed by atoms with E-state index in [0.717, 1.165) is 11.3 Å². The largest absolute Gasteiger partial charge is 0.392 e. The Morgan fingerprint density at radius 1 is 1.28 bits per heavy atom. The van der Waals surface area contributed by atoms with Crippen LogP contribution in [0.2, 0.25) is 0 Å². The number of hydrogen-bond acceptors (Lipinski definition) is 4. The highest BCUT2D eigenvalue weighted by atomic mass is 79.9. The third-order valence-corrected chi connectivity index (χ3v) is 6.30. The fourth-order valence-electron chi connectivity index (χ4n) is 1.42. The highest BCUT2D eigenvalue weighted by Crippen LogP contribution is 2.29. The molecule has 0 amide bonds. The summed E-state index contributed by atoms with van der Waals surface area (Å²) in [5.41, 5.74) is 0.925. The van der Waals surface area contributed by atoms with E-state index in [0.29, 0.717) is 15.7 Å². The lowest BCUT2D eigenvalue weighted by Gasteiger charge is -2.10. The molecule has 4 nitrogen and oxygen atoms in total. The zero-order chi connectivity index (χ0) is 13.2. The molecule has 18 heavy (non-hydrogen) atoms. The van der Waals surface area contributed by atoms with Crippen molar-refractivity contribution in [2.45, 2.75) is 10.8 Å². The van der Waals surface area contributed by atoms with Crippen molar-refractivity contribution in [2.24, 2.45) is 0 Å². The first-order valence-corrected chi connectivity index (χ1v) is 8.15. The lowest BCUT2D eigenvalue weighted by Crippen LogP contribution is -2.13. The Balaban J connectivity index is 2.37. The summed E-state index contributed by atoms with van der Waals surface area (Å²) < 4.78 is 27.5. The van der Waals surface area contributed by atoms with Gasteiger partial charge in [0, 0.05) is 10.0 Å². The van der Waals surface area contributed by atoms with Gasteiger partial charge in [-0.3, -0.25) is 4.72 Å². The van der Waals surface area contributed by atoms with E-state index in [2.05, 4.69) is 20.7 Å². The van der Waals surface area contributed by atoms with Gasteiger partial charge < -0.3 is 5.11 Å². The first-order valence-electron chi connectivity index (χ1n) is 4.99. The Labute approximate surface area is 117 Å². The van der Waals surface area contributed by atoms with Crippen LogP contribution in [-0.2, 0) is 16.6 Å². The van der Waals surface area contributed by atoms with Crippen LogP contribution in [0.4, 0.5) is 5.69 Å². The normalized spacial score (nSPS) is 11.4. The van der Waals surface area contributed by atoms with Crippen molar-refractivity contribution >= 4 is 43.0 Å². The Kier molecular flexibility index (Phi) is 4.06. The highest BCUT2D eigenvalue weighted by molar-refractivity contribution is 9.10. The van der Waals surface area contributed by atoms with Gasteiger partial charge in [-0.1, -0.05) is 18.2 Å². The SMILES string of the molecule is O=S(=O)(Nc1ccccc1CO)c1sccc1Br. The van der Waals surface area contributed by atoms with Crippen molar-refractivity contribution in [2.75, 3.05) is 4.72 Å². The number of hydrogen-bond donors (Lipinski definition) is 2. The van der Waals surface area contributed by atoms with Crippen LogP contribution < -0.4 is 4.72 Å². The Morgan fingerprint density at radius 3 is 2.61 bits per heavy atom. The van der Waals surface area contributed by atoms with Crippen molar-refractivity contribution in [3.05, 3.63) is 45.7 Å². The monoisotopic (exact) mass is 347 g/mol. The van der Waals surface area contributed by atoms with Crippen LogP contribution in [0.15, 0.2) is 44.4 Å². The minimum atomic E-state index is -3.62. The second-order valence-corrected chi connectivity index (χ2v) is 7.12. The van der Waals surface area contributed by atoms with Crippen LogP contribution in [0.1, 0.15) is 5.56 Å². The molecule has 0 aliphatic heterocycles. The van der Waals surface area contributed by atoms with Crippen LogP contribution in [0, 0.1) is 0 Å². The molecule has 0 unspecified atom stereocenters. The second kappa shape index (κ2) is 5.40. The summed E-state index contributed by atoms with van der Waals surface area (Å²) in [6.07, 6.45) is 0. The topological polar surface area (TPSA) is 66.4 Å². The van der Waals surface area contributed by atoms with E-state index >= 15 is 0 Å². The molecule has 0 radical (unpaired) electrons. The third-order valence-electron chi connectivity index (χ3n) is 2.26. The molecule has 0 aliphatic carbocycles. The summed E-state index contributed by atoms with van der Waals surface area (Å²) in [5, 5.41) is 10.9. The minimum absolute atomic E-state index is 0.218. The molecule has 2 aromatic rings. The first-order chi connectivity index (χ1) is 8.54. The number of nitrogens with one attached hydrogen (secondary N) is 1. The maximum atomic E-state index is 12.1. The van der Waals surface area contributed by atoms with Gasteiger partial charge in [-0.05, 0) is 33.4 Å². The van der Waals surface area contributed by atoms with Crippen LogP contribution in [0.25, 0.3) is 0 Å². The van der Waals surface area contributed by atoms with Crippen molar-refractivity contribution in [3.8, 4) is 0 Å². The van der Waals surface area contributed by atoms with E-state index in [1.807, 2.05) is 0 Å². The average Bonchev–Trinajstić information content (AvgIpc) is 2.76. The Bertz CT molecular complexity index is 652. The second-order valence-electron chi connectivity index (χ2n) is 3.48. The number of halogens is 1. The maximum Gasteiger partial charge on any atom is 0.272 e. The zero-order valence-corrected chi connectivity index (χ0v) is 12.3. The Hall–Kier alpha value is -0.890. The highest BCUT2D eigenvalue weighted by Gasteiger charge is 2.20. The van der Waals surface area contributed by atoms with Gasteiger partial charge in [0.2, 0.25) is 0 Å². The predicted molar refractivity (Wildman–Crippen MR) is 75.2 cm³/mol. The molecule has 0 atom stereocenters. The number of aliphatic hydroxyl groups is 1. The van der Waals surface area contributed by atoms with Crippen LogP contribution in [0.5, 0.6) is 0 Å². The van der Waals surface area contributed by atoms with Crippen molar-refractivity contribution in [3.63, 3.8) is 0 Å². The fraction of sp³-hybridized carbons (Fsp3) is 0.0909. The number of thiophene rings is 1. The van der Waals surface area contributed by atoms with Gasteiger partial charge in [0.25, 0.3) is 10.0 Å². The molecule has 7 heteroatoms. The number of para-hydroxylation sites is 1. The van der Waals surface area contributed by atoms with E-state index in [1.54, 1.807) is 35.7 Å². The number of aliphatic hydroxyl groups excluding tert-OH is 1. The summed E-state index contributed by atoms with van der Waals surface area (Å²) in [6.45, 7) is -0.218. The van der Waals surface area contributed by atoms with Crippen LogP contribution in [-0.4, -0.2) is 13.5 Å². The molecule has 0 aliphatic rings. The number of sulfonamides is 1. The van der Waals surface area contributed by atoms with Gasteiger partial charge in [0.05, 0.1) is 12.3 Å². The number of benzene rings is 1. The average molecular weight is 348 g/mol. The molecule has 1 aromatic carbocycles. The molecule has 0 spiro atoms. The predicted octanol–water partition coefficient (Wildman–Crippen LogP) is 2.80. The molecule has 2 rings (SSSR count). The standard InChI is InChI=1S/C11H10BrNO3S2/c12-9-5-6-17-11(9)18(15,16)13-10-4-2-1-3-8(10)7-14/h1-6,13-14H,7H2. The molecule has 0 saturated carbocycles. The van der Waals surface area contributed by atoms with Crippen molar-refractivity contribution in [1.29, 1.82) is 0 Å². The van der Waals surface area contributed by atoms with Crippen molar-refractivity contribution in [1.82, 2.24) is 0 Å². The quantitative estimate of drug-likeness (QED) is 0.893. The van der Waals surface area contributed by atoms with Gasteiger partial charge >= 0.3 is 0 Å². The van der Waals surface area contributed by atoms with Gasteiger partial charge in [-0.25, -0.2) is 8.42 Å². The summed E-state index contributed by atoms with van der Waals surface area (Å²) in [5.74, 6) is 0. The zero-order valence-electron chi connectivity index (χ0n) is 9.13. The van der Waals surface area contributed by atoms with E-state index in [9.17, 15) is 8.42 Å². The summed E-state index contributed by atoms with van der Waals surface area (Å²) in [7, 11) is -3.62. The van der Waals surface area contributed by atoms with E-state index in [-0.39, 0.29) is 10.8 Å². The molecule has 96 valence electrons. The van der Waals surface area contributed by atoms with Crippen LogP contribution in [0.3, 0.4) is 0 Å². The minimum Gasteiger partial charge on any atom is -0.392 e. The smallest absolute Gasteiger partial charge is 0.272 e. The maximum absolute atomic E-state index is 12.1. The number of anilines is 1. The molecule has 1 heterocycles. The first kappa shape index (κ1) is 13.5. The van der Waals surface area contributed by atoms with E-state index in [1.165, 1.54) is 0 Å². The molecule has 0 fully saturated rings. The molecule has 1 aromatic heterocycles. The van der Waals surface area contributed by atoms with Crippen LogP contribution >= 0.6 is 27.3 Å². The molecular formula is C11H10BrNO3S2. The molecule has 0 saturated heterocycles. The van der Waals surface area contributed by atoms with Gasteiger partial charge in [0.1, 0.15) is 0 Å². The lowest BCUT2D eigenvalue weighted by molar-refractivity contribution is 0.282. The summed E-state index contributed by atoms with van der Waals surface area (Å²) >= 11 is 4.32. The van der Waals surface area contributed by atoms with Crippen molar-refractivity contribution < 1.29 is 13.5 Å². The van der Waals surface area contributed by atoms with E-state index in [4.69, 9.17) is 5.11 Å². The fourth-order valence-corrected chi connectivity index (χ4v) is 4.86. The molecule has 0 bridgehead atoms. The third kappa shape index (κ3) is 2.74. The van der Waals surface area contributed by atoms with Gasteiger partial charge in [0.15, 0.2) is 4.21 Å². The summed E-state index contributed by atoms with van der Waals surface area (Å²) in [6, 6.07) is 8.41. The Morgan fingerprint density at radius 2 is 2.00 bits per heavy atom. The van der Waals surface area contributed by atoms with E-state index < -0.39 is 10.0 Å².